The van der Waals surface area contributed by atoms with Gasteiger partial charge in [0.25, 0.3) is 0 Å². The van der Waals surface area contributed by atoms with Crippen LogP contribution in [0.15, 0.2) is 0 Å². The van der Waals surface area contributed by atoms with Crippen LogP contribution in [0.3, 0.4) is 0 Å². The molecular weight excluding hydrogens is 264 g/mol. The molecule has 0 heterocycles. The third kappa shape index (κ3) is 5.82. The van der Waals surface area contributed by atoms with E-state index in [1.165, 1.54) is 6.92 Å². The molecule has 0 saturated heterocycles. The summed E-state index contributed by atoms with van der Waals surface area (Å²) in [5.74, 6) is -0.686. The van der Waals surface area contributed by atoms with Gasteiger partial charge in [-0.1, -0.05) is 6.92 Å². The van der Waals surface area contributed by atoms with E-state index in [0.29, 0.717) is 0 Å². The van der Waals surface area contributed by atoms with Crippen molar-refractivity contribution in [3.8, 4) is 0 Å². The molecule has 0 aromatic carbocycles. The Morgan fingerprint density at radius 2 is 1.67 bits per heavy atom. The molecule has 0 bridgehead atoms. The second-order valence-corrected chi connectivity index (χ2v) is 4.73. The van der Waals surface area contributed by atoms with Crippen LogP contribution in [-0.2, 0) is 24.5 Å². The molecule has 0 aromatic heterocycles. The molecule has 8 nitrogen and oxygen atoms in total. The second kappa shape index (κ2) is 7.88. The first kappa shape index (κ1) is 16.6. The van der Waals surface area contributed by atoms with Crippen molar-refractivity contribution in [3.05, 3.63) is 0 Å². The van der Waals surface area contributed by atoms with Crippen LogP contribution in [0.1, 0.15) is 20.8 Å². The summed E-state index contributed by atoms with van der Waals surface area (Å²) in [5, 5.41) is 0. The average molecular weight is 282 g/mol. The van der Waals surface area contributed by atoms with Crippen LogP contribution in [0.5, 0.6) is 0 Å². The fourth-order valence-corrected chi connectivity index (χ4v) is 2.06. The molecule has 0 aromatic rings. The van der Waals surface area contributed by atoms with Gasteiger partial charge in [-0.05, 0) is 13.8 Å². The topological polar surface area (TPSA) is 102 Å². The summed E-state index contributed by atoms with van der Waals surface area (Å²) in [6.45, 7) is 4.45. The molecule has 0 unspecified atom stereocenters. The Bertz CT molecular complexity index is 381. The maximum Gasteiger partial charge on any atom is 0.421 e. The molecule has 0 rings (SSSR count). The van der Waals surface area contributed by atoms with Crippen LogP contribution in [0, 0.1) is 0 Å². The molecule has 1 amide bonds. The third-order valence-corrected chi connectivity index (χ3v) is 3.28. The van der Waals surface area contributed by atoms with E-state index in [9.17, 15) is 18.0 Å². The van der Waals surface area contributed by atoms with E-state index in [0.717, 1.165) is 4.31 Å². The van der Waals surface area contributed by atoms with Gasteiger partial charge < -0.3 is 9.47 Å². The lowest BCUT2D eigenvalue weighted by atomic mass is 10.6. The lowest BCUT2D eigenvalue weighted by molar-refractivity contribution is -0.143. The number of rotatable bonds is 7. The fourth-order valence-electron chi connectivity index (χ4n) is 1.05. The van der Waals surface area contributed by atoms with Gasteiger partial charge in [0.1, 0.15) is 6.54 Å². The Labute approximate surface area is 106 Å². The van der Waals surface area contributed by atoms with Crippen LogP contribution in [0.25, 0.3) is 0 Å². The number of nitrogens with one attached hydrogen (secondary N) is 1. The highest BCUT2D eigenvalue weighted by molar-refractivity contribution is 7.87. The lowest BCUT2D eigenvalue weighted by Crippen LogP contribution is -2.46. The van der Waals surface area contributed by atoms with Gasteiger partial charge in [-0.3, -0.25) is 4.79 Å². The molecule has 9 heteroatoms. The van der Waals surface area contributed by atoms with Crippen molar-refractivity contribution >= 4 is 22.3 Å². The Morgan fingerprint density at radius 1 is 1.11 bits per heavy atom. The summed E-state index contributed by atoms with van der Waals surface area (Å²) in [7, 11) is -4.10. The molecule has 1 N–H and O–H groups in total. The van der Waals surface area contributed by atoms with Crippen LogP contribution in [0.2, 0.25) is 0 Å². The van der Waals surface area contributed by atoms with E-state index in [2.05, 4.69) is 9.47 Å². The summed E-state index contributed by atoms with van der Waals surface area (Å²) in [4.78, 5) is 22.2. The summed E-state index contributed by atoms with van der Waals surface area (Å²) in [6.07, 6.45) is -1.08. The number of ether oxygens (including phenoxy) is 2. The summed E-state index contributed by atoms with van der Waals surface area (Å²) in [6, 6.07) is 0. The zero-order valence-electron chi connectivity index (χ0n) is 10.6. The number of esters is 1. The van der Waals surface area contributed by atoms with Crippen molar-refractivity contribution < 1.29 is 27.5 Å². The van der Waals surface area contributed by atoms with Crippen LogP contribution < -0.4 is 4.72 Å². The molecule has 0 aliphatic rings. The zero-order valence-corrected chi connectivity index (χ0v) is 11.4. The second-order valence-electron chi connectivity index (χ2n) is 3.06. The summed E-state index contributed by atoms with van der Waals surface area (Å²) >= 11 is 0. The lowest BCUT2D eigenvalue weighted by Gasteiger charge is -2.19. The van der Waals surface area contributed by atoms with Gasteiger partial charge in [0.15, 0.2) is 0 Å². The minimum absolute atomic E-state index is 0.0214. The highest BCUT2D eigenvalue weighted by atomic mass is 32.2. The van der Waals surface area contributed by atoms with Crippen molar-refractivity contribution in [2.45, 2.75) is 20.8 Å². The summed E-state index contributed by atoms with van der Waals surface area (Å²) in [5.41, 5.74) is 0. The van der Waals surface area contributed by atoms with E-state index in [1.807, 2.05) is 0 Å². The fraction of sp³-hybridized carbons (Fsp3) is 0.778. The number of hydrogen-bond donors (Lipinski definition) is 1. The maximum absolute atomic E-state index is 11.7. The monoisotopic (exact) mass is 282 g/mol. The van der Waals surface area contributed by atoms with Gasteiger partial charge in [-0.15, -0.1) is 0 Å². The zero-order chi connectivity index (χ0) is 14.2. The van der Waals surface area contributed by atoms with Crippen molar-refractivity contribution in [1.82, 2.24) is 9.03 Å². The van der Waals surface area contributed by atoms with E-state index < -0.39 is 28.8 Å². The Kier molecular flexibility index (Phi) is 7.29. The molecule has 0 saturated carbocycles. The molecule has 0 spiro atoms. The first-order chi connectivity index (χ1) is 8.37. The molecule has 0 aliphatic heterocycles. The molecular formula is C9H18N2O6S. The predicted molar refractivity (Wildman–Crippen MR) is 63.0 cm³/mol. The van der Waals surface area contributed by atoms with Gasteiger partial charge in [0.2, 0.25) is 0 Å². The van der Waals surface area contributed by atoms with Gasteiger partial charge in [-0.2, -0.15) is 12.7 Å². The van der Waals surface area contributed by atoms with E-state index in [1.54, 1.807) is 18.6 Å². The number of likely N-dealkylation sites (N-methyl/N-ethyl adjacent to an activating group) is 1. The average Bonchev–Trinajstić information content (AvgIpc) is 2.25. The highest BCUT2D eigenvalue weighted by Gasteiger charge is 2.25. The van der Waals surface area contributed by atoms with Gasteiger partial charge in [0, 0.05) is 6.54 Å². The summed E-state index contributed by atoms with van der Waals surface area (Å²) < 4.78 is 34.9. The smallest absolute Gasteiger partial charge is 0.421 e. The van der Waals surface area contributed by atoms with Gasteiger partial charge in [0.05, 0.1) is 13.2 Å². The van der Waals surface area contributed by atoms with Crippen molar-refractivity contribution in [1.29, 1.82) is 0 Å². The highest BCUT2D eigenvalue weighted by Crippen LogP contribution is 1.99. The van der Waals surface area contributed by atoms with Crippen molar-refractivity contribution in [3.63, 3.8) is 0 Å². The van der Waals surface area contributed by atoms with E-state index in [-0.39, 0.29) is 19.8 Å². The number of amides is 1. The third-order valence-electron chi connectivity index (χ3n) is 1.79. The molecule has 0 radical (unpaired) electrons. The number of hydrogen-bond acceptors (Lipinski definition) is 6. The quantitative estimate of drug-likeness (QED) is 0.652. The van der Waals surface area contributed by atoms with Gasteiger partial charge >= 0.3 is 22.3 Å². The van der Waals surface area contributed by atoms with Crippen molar-refractivity contribution in [2.24, 2.45) is 0 Å². The Hall–Kier alpha value is -1.35. The molecule has 106 valence electrons. The number of carbonyl (C=O) groups is 2. The predicted octanol–water partition coefficient (Wildman–Crippen LogP) is -0.138. The minimum Gasteiger partial charge on any atom is -0.465 e. The standard InChI is InChI=1S/C9H18N2O6S/c1-4-11(7-8(12)16-5-2)18(14,15)10-9(13)17-6-3/h4-7H2,1-3H3,(H,10,13). The minimum atomic E-state index is -4.10. The van der Waals surface area contributed by atoms with Crippen molar-refractivity contribution in [2.75, 3.05) is 26.3 Å². The molecule has 18 heavy (non-hydrogen) atoms. The maximum atomic E-state index is 11.7. The van der Waals surface area contributed by atoms with Crippen LogP contribution in [-0.4, -0.2) is 51.1 Å². The van der Waals surface area contributed by atoms with Crippen LogP contribution >= 0.6 is 0 Å². The number of nitrogens with zero attached hydrogens (tertiary/aromatic N) is 1. The van der Waals surface area contributed by atoms with Crippen LogP contribution in [0.4, 0.5) is 4.79 Å². The SMILES string of the molecule is CCOC(=O)CN(CC)S(=O)(=O)NC(=O)OCC. The van der Waals surface area contributed by atoms with Gasteiger partial charge in [-0.25, -0.2) is 9.52 Å². The van der Waals surface area contributed by atoms with E-state index >= 15 is 0 Å². The molecule has 0 aliphatic carbocycles. The molecule has 0 fully saturated rings. The first-order valence-corrected chi connectivity index (χ1v) is 6.91. The normalized spacial score (nSPS) is 11.1. The number of carbonyl (C=O) groups excluding carboxylic acids is 2. The first-order valence-electron chi connectivity index (χ1n) is 5.47. The van der Waals surface area contributed by atoms with E-state index in [4.69, 9.17) is 0 Å². The largest absolute Gasteiger partial charge is 0.465 e. The Balaban J connectivity index is 4.62. The molecule has 0 atom stereocenters. The Morgan fingerprint density at radius 3 is 2.11 bits per heavy atom.